The topological polar surface area (TPSA) is 159 Å². The molecule has 0 saturated heterocycles. The van der Waals surface area contributed by atoms with Crippen LogP contribution in [0.25, 0.3) is 22.6 Å². The van der Waals surface area contributed by atoms with Crippen LogP contribution in [0.1, 0.15) is 25.7 Å². The minimum Gasteiger partial charge on any atom is -0.481 e. The van der Waals surface area contributed by atoms with Crippen LogP contribution in [0.15, 0.2) is 60.8 Å². The van der Waals surface area contributed by atoms with Crippen molar-refractivity contribution in [1.82, 2.24) is 9.97 Å². The highest BCUT2D eigenvalue weighted by molar-refractivity contribution is 5.93. The summed E-state index contributed by atoms with van der Waals surface area (Å²) in [7, 11) is 0. The lowest BCUT2D eigenvalue weighted by Gasteiger charge is -2.08. The number of carbonyl (C=O) groups excluding carboxylic acids is 2. The minimum absolute atomic E-state index is 0.100. The van der Waals surface area contributed by atoms with Crippen LogP contribution in [0.2, 0.25) is 0 Å². The number of aromatic nitrogens is 2. The molecule has 3 aromatic rings. The van der Waals surface area contributed by atoms with Gasteiger partial charge in [0.05, 0.1) is 18.5 Å². The number of carbonyl (C=O) groups is 4. The normalized spacial score (nSPS) is 10.4. The van der Waals surface area contributed by atoms with Crippen LogP contribution in [-0.4, -0.2) is 43.9 Å². The first-order chi connectivity index (χ1) is 16.3. The van der Waals surface area contributed by atoms with Crippen molar-refractivity contribution in [2.75, 3.05) is 10.6 Å². The molecule has 10 heteroatoms. The number of aliphatic carboxylic acids is 2. The summed E-state index contributed by atoms with van der Waals surface area (Å²) in [6, 6.07) is 15.6. The van der Waals surface area contributed by atoms with E-state index in [-0.39, 0.29) is 37.5 Å². The number of benzene rings is 2. The Bertz CT molecular complexity index is 1100. The molecule has 2 aromatic carbocycles. The summed E-state index contributed by atoms with van der Waals surface area (Å²) in [5.41, 5.74) is 3.28. The Hall–Kier alpha value is -4.60. The molecule has 0 fully saturated rings. The highest BCUT2D eigenvalue weighted by atomic mass is 16.4. The molecule has 0 radical (unpaired) electrons. The summed E-state index contributed by atoms with van der Waals surface area (Å²) in [5.74, 6) is -2.33. The maximum atomic E-state index is 11.8. The number of carboxylic acid groups (broad SMARTS) is 2. The zero-order chi connectivity index (χ0) is 24.5. The van der Waals surface area contributed by atoms with Gasteiger partial charge in [0.15, 0.2) is 5.82 Å². The average molecular weight is 462 g/mol. The van der Waals surface area contributed by atoms with Crippen LogP contribution < -0.4 is 10.6 Å². The Kier molecular flexibility index (Phi) is 8.01. The van der Waals surface area contributed by atoms with Crippen molar-refractivity contribution in [1.29, 1.82) is 0 Å². The molecule has 3 rings (SSSR count). The van der Waals surface area contributed by atoms with E-state index in [9.17, 15) is 19.2 Å². The molecule has 0 unspecified atom stereocenters. The molecular formula is C24H22N4O6. The fraction of sp³-hybridized carbons (Fsp3) is 0.167. The number of amides is 2. The van der Waals surface area contributed by atoms with Crippen molar-refractivity contribution in [3.05, 3.63) is 60.8 Å². The second-order valence-electron chi connectivity index (χ2n) is 7.30. The molecule has 0 atom stereocenters. The Morgan fingerprint density at radius 2 is 1.12 bits per heavy atom. The maximum absolute atomic E-state index is 11.8. The lowest BCUT2D eigenvalue weighted by Crippen LogP contribution is -2.13. The first kappa shape index (κ1) is 24.1. The zero-order valence-corrected chi connectivity index (χ0v) is 18.0. The molecule has 0 saturated carbocycles. The minimum atomic E-state index is -1.03. The summed E-state index contributed by atoms with van der Waals surface area (Å²) < 4.78 is 0. The summed E-state index contributed by atoms with van der Waals surface area (Å²) in [4.78, 5) is 53.5. The number of hydrogen-bond acceptors (Lipinski definition) is 6. The molecule has 1 heterocycles. The van der Waals surface area contributed by atoms with Gasteiger partial charge in [-0.05, 0) is 42.5 Å². The Morgan fingerprint density at radius 1 is 0.647 bits per heavy atom. The van der Waals surface area contributed by atoms with E-state index in [4.69, 9.17) is 10.2 Å². The molecule has 174 valence electrons. The van der Waals surface area contributed by atoms with E-state index < -0.39 is 11.9 Å². The van der Waals surface area contributed by atoms with Crippen molar-refractivity contribution in [2.24, 2.45) is 0 Å². The fourth-order valence-electron chi connectivity index (χ4n) is 2.97. The molecule has 0 spiro atoms. The molecule has 1 aromatic heterocycles. The number of anilines is 2. The number of nitrogens with zero attached hydrogens (tertiary/aromatic N) is 2. The van der Waals surface area contributed by atoms with Gasteiger partial charge >= 0.3 is 11.9 Å². The standard InChI is InChI=1S/C24H22N4O6/c29-20(9-11-22(31)32)26-17-5-1-15(2-6-17)19-13-14-25-24(28-19)16-3-7-18(8-4-16)27-21(30)10-12-23(33)34/h1-8,13-14H,9-12H2,(H,26,29)(H,27,30)(H,31,32)(H,33,34). The average Bonchev–Trinajstić information content (AvgIpc) is 2.82. The van der Waals surface area contributed by atoms with Gasteiger partial charge in [-0.15, -0.1) is 0 Å². The van der Waals surface area contributed by atoms with Crippen LogP contribution >= 0.6 is 0 Å². The molecule has 10 nitrogen and oxygen atoms in total. The van der Waals surface area contributed by atoms with Crippen molar-refractivity contribution in [2.45, 2.75) is 25.7 Å². The molecule has 34 heavy (non-hydrogen) atoms. The molecule has 2 amide bonds. The number of nitrogens with one attached hydrogen (secondary N) is 2. The lowest BCUT2D eigenvalue weighted by molar-refractivity contribution is -0.138. The second-order valence-corrected chi connectivity index (χ2v) is 7.30. The number of hydrogen-bond donors (Lipinski definition) is 4. The van der Waals surface area contributed by atoms with E-state index in [2.05, 4.69) is 20.6 Å². The predicted octanol–water partition coefficient (Wildman–Crippen LogP) is 3.42. The third-order valence-electron chi connectivity index (χ3n) is 4.68. The van der Waals surface area contributed by atoms with E-state index in [1.807, 2.05) is 0 Å². The molecule has 0 aliphatic heterocycles. The molecule has 0 aliphatic rings. The van der Waals surface area contributed by atoms with Crippen molar-refractivity contribution in [3.63, 3.8) is 0 Å². The van der Waals surface area contributed by atoms with Gasteiger partial charge in [0, 0.05) is 41.5 Å². The predicted molar refractivity (Wildman–Crippen MR) is 124 cm³/mol. The summed E-state index contributed by atoms with van der Waals surface area (Å²) in [6.07, 6.45) is 0.958. The summed E-state index contributed by atoms with van der Waals surface area (Å²) in [5, 5.41) is 22.6. The largest absolute Gasteiger partial charge is 0.481 e. The SMILES string of the molecule is O=C(O)CCC(=O)Nc1ccc(-c2ccnc(-c3ccc(NC(=O)CCC(=O)O)cc3)n2)cc1. The van der Waals surface area contributed by atoms with Crippen LogP contribution in [-0.2, 0) is 19.2 Å². The quantitative estimate of drug-likeness (QED) is 0.357. The highest BCUT2D eigenvalue weighted by Crippen LogP contribution is 2.23. The van der Waals surface area contributed by atoms with E-state index >= 15 is 0 Å². The Labute approximate surface area is 194 Å². The number of carboxylic acids is 2. The van der Waals surface area contributed by atoms with E-state index in [0.717, 1.165) is 11.1 Å². The second kappa shape index (κ2) is 11.3. The Morgan fingerprint density at radius 3 is 1.59 bits per heavy atom. The fourth-order valence-corrected chi connectivity index (χ4v) is 2.97. The Balaban J connectivity index is 1.65. The van der Waals surface area contributed by atoms with Gasteiger partial charge in [-0.2, -0.15) is 0 Å². The third-order valence-corrected chi connectivity index (χ3v) is 4.68. The lowest BCUT2D eigenvalue weighted by atomic mass is 10.1. The van der Waals surface area contributed by atoms with Crippen LogP contribution in [0.3, 0.4) is 0 Å². The van der Waals surface area contributed by atoms with Gasteiger partial charge in [-0.25, -0.2) is 9.97 Å². The molecule has 0 bridgehead atoms. The van der Waals surface area contributed by atoms with Gasteiger partial charge in [-0.3, -0.25) is 19.2 Å². The van der Waals surface area contributed by atoms with Crippen molar-refractivity contribution in [3.8, 4) is 22.6 Å². The van der Waals surface area contributed by atoms with E-state index in [1.165, 1.54) is 0 Å². The molecule has 0 aliphatic carbocycles. The molecular weight excluding hydrogens is 440 g/mol. The van der Waals surface area contributed by atoms with Gasteiger partial charge < -0.3 is 20.8 Å². The summed E-state index contributed by atoms with van der Waals surface area (Å²) >= 11 is 0. The zero-order valence-electron chi connectivity index (χ0n) is 18.0. The summed E-state index contributed by atoms with van der Waals surface area (Å²) in [6.45, 7) is 0. The van der Waals surface area contributed by atoms with E-state index in [1.54, 1.807) is 60.8 Å². The first-order valence-corrected chi connectivity index (χ1v) is 10.4. The van der Waals surface area contributed by atoms with Gasteiger partial charge in [0.25, 0.3) is 0 Å². The first-order valence-electron chi connectivity index (χ1n) is 10.4. The van der Waals surface area contributed by atoms with Crippen LogP contribution in [0.4, 0.5) is 11.4 Å². The third kappa shape index (κ3) is 7.23. The van der Waals surface area contributed by atoms with Crippen molar-refractivity contribution >= 4 is 35.1 Å². The van der Waals surface area contributed by atoms with E-state index in [0.29, 0.717) is 22.9 Å². The van der Waals surface area contributed by atoms with Gasteiger partial charge in [0.1, 0.15) is 0 Å². The van der Waals surface area contributed by atoms with Crippen molar-refractivity contribution < 1.29 is 29.4 Å². The van der Waals surface area contributed by atoms with Crippen LogP contribution in [0.5, 0.6) is 0 Å². The van der Waals surface area contributed by atoms with Crippen LogP contribution in [0, 0.1) is 0 Å². The monoisotopic (exact) mass is 462 g/mol. The van der Waals surface area contributed by atoms with Gasteiger partial charge in [-0.1, -0.05) is 12.1 Å². The smallest absolute Gasteiger partial charge is 0.303 e. The van der Waals surface area contributed by atoms with Gasteiger partial charge in [0.2, 0.25) is 11.8 Å². The number of rotatable bonds is 10. The maximum Gasteiger partial charge on any atom is 0.303 e. The highest BCUT2D eigenvalue weighted by Gasteiger charge is 2.09. The molecule has 4 N–H and O–H groups in total.